The number of fused-ring (bicyclic) bond motifs is 1. The summed E-state index contributed by atoms with van der Waals surface area (Å²) in [5.74, 6) is 1.02. The van der Waals surface area contributed by atoms with Gasteiger partial charge in [0.1, 0.15) is 5.82 Å². The van der Waals surface area contributed by atoms with Crippen molar-refractivity contribution < 1.29 is 18.7 Å². The molecular weight excluding hydrogens is 347 g/mol. The van der Waals surface area contributed by atoms with E-state index in [1.54, 1.807) is 12.1 Å². The summed E-state index contributed by atoms with van der Waals surface area (Å²) in [5.41, 5.74) is 1.57. The molecule has 1 amide bonds. The number of rotatable bonds is 6. The monoisotopic (exact) mass is 370 g/mol. The minimum absolute atomic E-state index is 0.131. The van der Waals surface area contributed by atoms with E-state index in [1.807, 2.05) is 18.2 Å². The van der Waals surface area contributed by atoms with Crippen LogP contribution in [-0.2, 0) is 11.3 Å². The fourth-order valence-corrected chi connectivity index (χ4v) is 3.81. The molecule has 1 heterocycles. The van der Waals surface area contributed by atoms with Crippen LogP contribution in [0.5, 0.6) is 11.5 Å². The first-order valence-corrected chi connectivity index (χ1v) is 9.35. The maximum absolute atomic E-state index is 13.3. The van der Waals surface area contributed by atoms with Gasteiger partial charge in [0.25, 0.3) is 0 Å². The first kappa shape index (κ1) is 17.8. The van der Waals surface area contributed by atoms with Gasteiger partial charge in [-0.1, -0.05) is 25.0 Å². The van der Waals surface area contributed by atoms with E-state index in [4.69, 9.17) is 9.47 Å². The van der Waals surface area contributed by atoms with Gasteiger partial charge < -0.3 is 14.8 Å². The number of anilines is 1. The van der Waals surface area contributed by atoms with E-state index >= 15 is 0 Å². The standard InChI is InChI=1S/C21H23FN2O3/c22-16-4-3-5-17(11-16)23-21(25)13-24(18-6-1-2-7-18)12-15-8-9-19-20(10-15)27-14-26-19/h3-5,8-11,18H,1-2,6-7,12-14H2,(H,23,25). The third kappa shape index (κ3) is 4.39. The summed E-state index contributed by atoms with van der Waals surface area (Å²) in [6.45, 7) is 1.19. The minimum atomic E-state index is -0.360. The summed E-state index contributed by atoms with van der Waals surface area (Å²) >= 11 is 0. The molecule has 2 aromatic carbocycles. The third-order valence-electron chi connectivity index (χ3n) is 5.12. The largest absolute Gasteiger partial charge is 0.454 e. The van der Waals surface area contributed by atoms with E-state index in [1.165, 1.54) is 25.0 Å². The van der Waals surface area contributed by atoms with E-state index < -0.39 is 0 Å². The van der Waals surface area contributed by atoms with E-state index in [2.05, 4.69) is 10.2 Å². The van der Waals surface area contributed by atoms with Crippen molar-refractivity contribution in [2.75, 3.05) is 18.7 Å². The highest BCUT2D eigenvalue weighted by Crippen LogP contribution is 2.33. The summed E-state index contributed by atoms with van der Waals surface area (Å²) in [5, 5.41) is 2.80. The number of benzene rings is 2. The predicted octanol–water partition coefficient (Wildman–Crippen LogP) is 3.94. The molecule has 0 atom stereocenters. The minimum Gasteiger partial charge on any atom is -0.454 e. The molecule has 0 saturated heterocycles. The van der Waals surface area contributed by atoms with Crippen molar-refractivity contribution in [3.63, 3.8) is 0 Å². The Morgan fingerprint density at radius 3 is 2.74 bits per heavy atom. The van der Waals surface area contributed by atoms with Crippen molar-refractivity contribution >= 4 is 11.6 Å². The molecule has 0 unspecified atom stereocenters. The Hall–Kier alpha value is -2.60. The smallest absolute Gasteiger partial charge is 0.238 e. The topological polar surface area (TPSA) is 50.8 Å². The molecule has 1 fully saturated rings. The molecule has 5 nitrogen and oxygen atoms in total. The number of hydrogen-bond donors (Lipinski definition) is 1. The van der Waals surface area contributed by atoms with Crippen LogP contribution in [-0.4, -0.2) is 30.2 Å². The Kier molecular flexibility index (Phi) is 5.25. The van der Waals surface area contributed by atoms with Crippen LogP contribution < -0.4 is 14.8 Å². The van der Waals surface area contributed by atoms with Gasteiger partial charge in [0.05, 0.1) is 6.54 Å². The van der Waals surface area contributed by atoms with Gasteiger partial charge >= 0.3 is 0 Å². The lowest BCUT2D eigenvalue weighted by Crippen LogP contribution is -2.39. The van der Waals surface area contributed by atoms with Crippen LogP contribution in [0.4, 0.5) is 10.1 Å². The number of ether oxygens (including phenoxy) is 2. The highest BCUT2D eigenvalue weighted by atomic mass is 19.1. The SMILES string of the molecule is O=C(CN(Cc1ccc2c(c1)OCO2)C1CCCC1)Nc1cccc(F)c1. The number of carbonyl (C=O) groups is 1. The molecule has 0 bridgehead atoms. The van der Waals surface area contributed by atoms with Crippen molar-refractivity contribution in [2.45, 2.75) is 38.3 Å². The second kappa shape index (κ2) is 7.96. The molecule has 0 aromatic heterocycles. The van der Waals surface area contributed by atoms with Gasteiger partial charge in [0.15, 0.2) is 11.5 Å². The molecular formula is C21H23FN2O3. The quantitative estimate of drug-likeness (QED) is 0.837. The lowest BCUT2D eigenvalue weighted by molar-refractivity contribution is -0.118. The molecule has 2 aromatic rings. The van der Waals surface area contributed by atoms with Crippen molar-refractivity contribution in [3.8, 4) is 11.5 Å². The second-order valence-electron chi connectivity index (χ2n) is 7.09. The van der Waals surface area contributed by atoms with Crippen LogP contribution in [0, 0.1) is 5.82 Å². The summed E-state index contributed by atoms with van der Waals surface area (Å²) in [4.78, 5) is 14.8. The molecule has 1 saturated carbocycles. The van der Waals surface area contributed by atoms with E-state index in [0.717, 1.165) is 29.9 Å². The van der Waals surface area contributed by atoms with E-state index in [0.29, 0.717) is 18.3 Å². The normalized spacial score (nSPS) is 16.1. The summed E-state index contributed by atoms with van der Waals surface area (Å²) < 4.78 is 24.2. The van der Waals surface area contributed by atoms with Crippen LogP contribution in [0.3, 0.4) is 0 Å². The lowest BCUT2D eigenvalue weighted by atomic mass is 10.1. The van der Waals surface area contributed by atoms with Crippen molar-refractivity contribution in [2.24, 2.45) is 0 Å². The Labute approximate surface area is 158 Å². The van der Waals surface area contributed by atoms with Crippen LogP contribution in [0.25, 0.3) is 0 Å². The molecule has 0 radical (unpaired) electrons. The molecule has 6 heteroatoms. The Morgan fingerprint density at radius 2 is 1.93 bits per heavy atom. The molecule has 4 rings (SSSR count). The van der Waals surface area contributed by atoms with Crippen LogP contribution in [0.15, 0.2) is 42.5 Å². The van der Waals surface area contributed by atoms with E-state index in [-0.39, 0.29) is 25.1 Å². The van der Waals surface area contributed by atoms with Crippen LogP contribution in [0.2, 0.25) is 0 Å². The first-order chi connectivity index (χ1) is 13.2. The Morgan fingerprint density at radius 1 is 1.11 bits per heavy atom. The average molecular weight is 370 g/mol. The zero-order valence-electron chi connectivity index (χ0n) is 15.1. The molecule has 0 spiro atoms. The predicted molar refractivity (Wildman–Crippen MR) is 100 cm³/mol. The number of halogens is 1. The third-order valence-corrected chi connectivity index (χ3v) is 5.12. The van der Waals surface area contributed by atoms with Gasteiger partial charge in [-0.3, -0.25) is 9.69 Å². The van der Waals surface area contributed by atoms with Gasteiger partial charge in [-0.15, -0.1) is 0 Å². The maximum atomic E-state index is 13.3. The number of nitrogens with one attached hydrogen (secondary N) is 1. The van der Waals surface area contributed by atoms with Gasteiger partial charge in [-0.25, -0.2) is 4.39 Å². The van der Waals surface area contributed by atoms with E-state index in [9.17, 15) is 9.18 Å². The van der Waals surface area contributed by atoms with Crippen molar-refractivity contribution in [1.82, 2.24) is 4.90 Å². The summed E-state index contributed by atoms with van der Waals surface area (Å²) in [6.07, 6.45) is 4.57. The molecule has 1 N–H and O–H groups in total. The van der Waals surface area contributed by atoms with Crippen molar-refractivity contribution in [3.05, 3.63) is 53.8 Å². The van der Waals surface area contributed by atoms with Crippen LogP contribution in [0.1, 0.15) is 31.2 Å². The fourth-order valence-electron chi connectivity index (χ4n) is 3.81. The second-order valence-corrected chi connectivity index (χ2v) is 7.09. The Balaban J connectivity index is 1.45. The average Bonchev–Trinajstić information content (AvgIpc) is 3.32. The fraction of sp³-hybridized carbons (Fsp3) is 0.381. The summed E-state index contributed by atoms with van der Waals surface area (Å²) in [7, 11) is 0. The zero-order valence-corrected chi connectivity index (χ0v) is 15.1. The molecule has 27 heavy (non-hydrogen) atoms. The number of hydrogen-bond acceptors (Lipinski definition) is 4. The van der Waals surface area contributed by atoms with Gasteiger partial charge in [0, 0.05) is 18.3 Å². The van der Waals surface area contributed by atoms with Crippen LogP contribution >= 0.6 is 0 Å². The highest BCUT2D eigenvalue weighted by molar-refractivity contribution is 5.92. The van der Waals surface area contributed by atoms with Gasteiger partial charge in [-0.05, 0) is 48.7 Å². The van der Waals surface area contributed by atoms with Gasteiger partial charge in [0.2, 0.25) is 12.7 Å². The first-order valence-electron chi connectivity index (χ1n) is 9.35. The maximum Gasteiger partial charge on any atom is 0.238 e. The van der Waals surface area contributed by atoms with Gasteiger partial charge in [-0.2, -0.15) is 0 Å². The number of carbonyl (C=O) groups excluding carboxylic acids is 1. The zero-order chi connectivity index (χ0) is 18.6. The highest BCUT2D eigenvalue weighted by Gasteiger charge is 2.25. The molecule has 142 valence electrons. The molecule has 2 aliphatic rings. The summed E-state index contributed by atoms with van der Waals surface area (Å²) in [6, 6.07) is 12.3. The Bertz CT molecular complexity index is 821. The number of nitrogens with zero attached hydrogens (tertiary/aromatic N) is 1. The molecule has 1 aliphatic heterocycles. The lowest BCUT2D eigenvalue weighted by Gasteiger charge is -2.28. The van der Waals surface area contributed by atoms with Crippen molar-refractivity contribution in [1.29, 1.82) is 0 Å². The number of amides is 1. The molecule has 1 aliphatic carbocycles.